The van der Waals surface area contributed by atoms with E-state index < -0.39 is 5.82 Å². The molecule has 3 aromatic carbocycles. The van der Waals surface area contributed by atoms with Crippen LogP contribution in [0.4, 0.5) is 14.7 Å². The van der Waals surface area contributed by atoms with Crippen LogP contribution in [0, 0.1) is 11.6 Å². The number of anilines is 1. The van der Waals surface area contributed by atoms with Gasteiger partial charge in [0.2, 0.25) is 5.95 Å². The van der Waals surface area contributed by atoms with Crippen LogP contribution in [0.15, 0.2) is 85.1 Å². The maximum absolute atomic E-state index is 14.8. The number of nitrogens with one attached hydrogen (secondary N) is 1. The molecule has 0 saturated carbocycles. The van der Waals surface area contributed by atoms with Crippen molar-refractivity contribution in [1.29, 1.82) is 0 Å². The molecule has 0 aliphatic heterocycles. The van der Waals surface area contributed by atoms with Gasteiger partial charge in [0.25, 0.3) is 5.91 Å². The number of rotatable bonds is 9. The van der Waals surface area contributed by atoms with Gasteiger partial charge in [-0.15, -0.1) is 0 Å². The van der Waals surface area contributed by atoms with Crippen LogP contribution in [0.5, 0.6) is 0 Å². The summed E-state index contributed by atoms with van der Waals surface area (Å²) in [6, 6.07) is 22.1. The van der Waals surface area contributed by atoms with Crippen LogP contribution in [0.25, 0.3) is 11.3 Å². The van der Waals surface area contributed by atoms with Crippen molar-refractivity contribution in [2.45, 2.75) is 32.9 Å². The maximum Gasteiger partial charge on any atom is 0.258 e. The Morgan fingerprint density at radius 3 is 2.31 bits per heavy atom. The van der Waals surface area contributed by atoms with Crippen molar-refractivity contribution in [3.05, 3.63) is 113 Å². The predicted octanol–water partition coefficient (Wildman–Crippen LogP) is 6.13. The first-order chi connectivity index (χ1) is 17.4. The van der Waals surface area contributed by atoms with Crippen molar-refractivity contribution >= 4 is 11.9 Å². The van der Waals surface area contributed by atoms with E-state index in [0.29, 0.717) is 19.5 Å². The third-order valence-corrected chi connectivity index (χ3v) is 5.84. The van der Waals surface area contributed by atoms with E-state index in [1.165, 1.54) is 24.4 Å². The van der Waals surface area contributed by atoms with E-state index in [0.717, 1.165) is 11.1 Å². The van der Waals surface area contributed by atoms with Crippen LogP contribution in [0.2, 0.25) is 0 Å². The number of nitrogens with zero attached hydrogens (tertiary/aromatic N) is 3. The fourth-order valence-corrected chi connectivity index (χ4v) is 3.88. The van der Waals surface area contributed by atoms with Crippen molar-refractivity contribution in [1.82, 2.24) is 14.9 Å². The Morgan fingerprint density at radius 1 is 0.917 bits per heavy atom. The zero-order chi connectivity index (χ0) is 25.5. The minimum absolute atomic E-state index is 0.0975. The van der Waals surface area contributed by atoms with Gasteiger partial charge < -0.3 is 10.2 Å². The molecule has 4 rings (SSSR count). The first-order valence-corrected chi connectivity index (χ1v) is 11.9. The SMILES string of the molecule is CC(C)N(Cc1ccccc1)C(=O)c1cnc(NCCc2ccc(F)cc2)nc1-c1ccccc1F. The molecular weight excluding hydrogens is 458 g/mol. The fourth-order valence-electron chi connectivity index (χ4n) is 3.88. The van der Waals surface area contributed by atoms with Crippen molar-refractivity contribution in [3.8, 4) is 11.3 Å². The summed E-state index contributed by atoms with van der Waals surface area (Å²) in [4.78, 5) is 24.3. The fraction of sp³-hybridized carbons (Fsp3) is 0.207. The summed E-state index contributed by atoms with van der Waals surface area (Å²) in [5, 5.41) is 3.13. The molecule has 4 aromatic rings. The lowest BCUT2D eigenvalue weighted by atomic mass is 10.0. The van der Waals surface area contributed by atoms with E-state index in [1.54, 1.807) is 35.2 Å². The Bertz CT molecular complexity index is 1310. The second-order valence-electron chi connectivity index (χ2n) is 8.75. The van der Waals surface area contributed by atoms with Crippen molar-refractivity contribution in [3.63, 3.8) is 0 Å². The second kappa shape index (κ2) is 11.5. The summed E-state index contributed by atoms with van der Waals surface area (Å²) < 4.78 is 28.0. The van der Waals surface area contributed by atoms with Gasteiger partial charge in [0.05, 0.1) is 11.3 Å². The molecule has 1 heterocycles. The molecule has 1 aromatic heterocycles. The largest absolute Gasteiger partial charge is 0.354 e. The molecule has 0 atom stereocenters. The lowest BCUT2D eigenvalue weighted by Crippen LogP contribution is -2.37. The molecule has 7 heteroatoms. The van der Waals surface area contributed by atoms with E-state index >= 15 is 0 Å². The molecular formula is C29H28F2N4O. The third-order valence-electron chi connectivity index (χ3n) is 5.84. The van der Waals surface area contributed by atoms with Crippen molar-refractivity contribution in [2.24, 2.45) is 0 Å². The molecule has 5 nitrogen and oxygen atoms in total. The summed E-state index contributed by atoms with van der Waals surface area (Å²) in [5.41, 5.74) is 2.64. The Labute approximate surface area is 209 Å². The smallest absolute Gasteiger partial charge is 0.258 e. The standard InChI is InChI=1S/C29H28F2N4O/c1-20(2)35(19-22-8-4-3-5-9-22)28(36)25-18-33-29(32-17-16-21-12-14-23(30)15-13-21)34-27(25)24-10-6-7-11-26(24)31/h3-15,18,20H,16-17,19H2,1-2H3,(H,32,33,34). The highest BCUT2D eigenvalue weighted by Crippen LogP contribution is 2.27. The number of amides is 1. The Morgan fingerprint density at radius 2 is 1.61 bits per heavy atom. The van der Waals surface area contributed by atoms with Crippen molar-refractivity contribution in [2.75, 3.05) is 11.9 Å². The van der Waals surface area contributed by atoms with Crippen LogP contribution >= 0.6 is 0 Å². The first-order valence-electron chi connectivity index (χ1n) is 11.9. The number of hydrogen-bond acceptors (Lipinski definition) is 4. The van der Waals surface area contributed by atoms with Gasteiger partial charge in [0, 0.05) is 30.9 Å². The lowest BCUT2D eigenvalue weighted by Gasteiger charge is -2.27. The van der Waals surface area contributed by atoms with Crippen LogP contribution in [0.1, 0.15) is 35.3 Å². The quantitative estimate of drug-likeness (QED) is 0.309. The first kappa shape index (κ1) is 25.0. The summed E-state index contributed by atoms with van der Waals surface area (Å²) >= 11 is 0. The molecule has 0 fully saturated rings. The zero-order valence-corrected chi connectivity index (χ0v) is 20.3. The molecule has 184 valence electrons. The molecule has 0 radical (unpaired) electrons. The van der Waals surface area contributed by atoms with Gasteiger partial charge >= 0.3 is 0 Å². The predicted molar refractivity (Wildman–Crippen MR) is 137 cm³/mol. The van der Waals surface area contributed by atoms with E-state index in [4.69, 9.17) is 0 Å². The summed E-state index contributed by atoms with van der Waals surface area (Å²) in [5.74, 6) is -0.745. The molecule has 1 N–H and O–H groups in total. The molecule has 36 heavy (non-hydrogen) atoms. The molecule has 0 bridgehead atoms. The minimum atomic E-state index is -0.471. The summed E-state index contributed by atoms with van der Waals surface area (Å²) in [7, 11) is 0. The Kier molecular flexibility index (Phi) is 8.00. The summed E-state index contributed by atoms with van der Waals surface area (Å²) in [6.07, 6.45) is 2.08. The van der Waals surface area contributed by atoms with Crippen LogP contribution in [-0.4, -0.2) is 33.4 Å². The van der Waals surface area contributed by atoms with E-state index in [-0.39, 0.29) is 40.5 Å². The highest BCUT2D eigenvalue weighted by molar-refractivity contribution is 6.00. The topological polar surface area (TPSA) is 58.1 Å². The number of carbonyl (C=O) groups excluding carboxylic acids is 1. The van der Waals surface area contributed by atoms with Crippen LogP contribution in [-0.2, 0) is 13.0 Å². The highest BCUT2D eigenvalue weighted by atomic mass is 19.1. The Hall–Kier alpha value is -4.13. The van der Waals surface area contributed by atoms with Gasteiger partial charge in [-0.05, 0) is 55.7 Å². The maximum atomic E-state index is 14.8. The normalized spacial score (nSPS) is 10.9. The monoisotopic (exact) mass is 486 g/mol. The number of halogens is 2. The number of carbonyl (C=O) groups is 1. The van der Waals surface area contributed by atoms with Gasteiger partial charge in [-0.1, -0.05) is 54.6 Å². The molecule has 0 aliphatic carbocycles. The van der Waals surface area contributed by atoms with E-state index in [2.05, 4.69) is 15.3 Å². The van der Waals surface area contributed by atoms with Gasteiger partial charge in [0.1, 0.15) is 11.6 Å². The average Bonchev–Trinajstić information content (AvgIpc) is 2.89. The van der Waals surface area contributed by atoms with Crippen LogP contribution in [0.3, 0.4) is 0 Å². The minimum Gasteiger partial charge on any atom is -0.354 e. The van der Waals surface area contributed by atoms with Crippen molar-refractivity contribution < 1.29 is 13.6 Å². The van der Waals surface area contributed by atoms with E-state index in [1.807, 2.05) is 44.2 Å². The zero-order valence-electron chi connectivity index (χ0n) is 20.3. The molecule has 0 unspecified atom stereocenters. The van der Waals surface area contributed by atoms with Gasteiger partial charge in [-0.3, -0.25) is 4.79 Å². The number of hydrogen-bond donors (Lipinski definition) is 1. The second-order valence-corrected chi connectivity index (χ2v) is 8.75. The number of benzene rings is 3. The van der Waals surface area contributed by atoms with Crippen LogP contribution < -0.4 is 5.32 Å². The summed E-state index contributed by atoms with van der Waals surface area (Å²) in [6.45, 7) is 4.78. The van der Waals surface area contributed by atoms with Gasteiger partial charge in [-0.25, -0.2) is 18.7 Å². The Balaban J connectivity index is 1.63. The average molecular weight is 487 g/mol. The third kappa shape index (κ3) is 6.10. The molecule has 0 spiro atoms. The highest BCUT2D eigenvalue weighted by Gasteiger charge is 2.25. The van der Waals surface area contributed by atoms with Gasteiger partial charge in [-0.2, -0.15) is 0 Å². The van der Waals surface area contributed by atoms with E-state index in [9.17, 15) is 13.6 Å². The molecule has 1 amide bonds. The number of aromatic nitrogens is 2. The molecule has 0 aliphatic rings. The molecule has 0 saturated heterocycles. The van der Waals surface area contributed by atoms with Gasteiger partial charge in [0.15, 0.2) is 0 Å². The lowest BCUT2D eigenvalue weighted by molar-refractivity contribution is 0.0690.